The van der Waals surface area contributed by atoms with Crippen LogP contribution in [0.2, 0.25) is 15.1 Å². The molecule has 0 radical (unpaired) electrons. The van der Waals surface area contributed by atoms with Crippen LogP contribution >= 0.6 is 46.6 Å². The zero-order chi connectivity index (χ0) is 26.3. The number of aliphatic hydroxyl groups is 1. The van der Waals surface area contributed by atoms with Crippen LogP contribution in [0, 0.1) is 5.82 Å². The number of halogens is 4. The fourth-order valence-corrected chi connectivity index (χ4v) is 5.56. The second-order valence-electron chi connectivity index (χ2n) is 9.65. The Labute approximate surface area is 230 Å². The molecule has 188 valence electrons. The van der Waals surface area contributed by atoms with Gasteiger partial charge in [0.1, 0.15) is 5.82 Å². The van der Waals surface area contributed by atoms with Gasteiger partial charge in [-0.2, -0.15) is 0 Å². The molecule has 0 amide bonds. The molecule has 0 spiro atoms. The smallest absolute Gasteiger partial charge is 0.173 e. The van der Waals surface area contributed by atoms with Crippen molar-refractivity contribution in [1.82, 2.24) is 9.55 Å². The molecular weight excluding hydrogens is 538 g/mol. The van der Waals surface area contributed by atoms with Crippen molar-refractivity contribution in [3.8, 4) is 5.69 Å². The number of aromatic nitrogens is 2. The molecule has 4 rings (SSSR count). The summed E-state index contributed by atoms with van der Waals surface area (Å²) in [5.74, 6) is 0.257. The maximum absolute atomic E-state index is 13.8. The highest BCUT2D eigenvalue weighted by molar-refractivity contribution is 7.98. The standard InChI is InChI=1S/C28H26Cl3FN2OS/c1-27(2,18-7-12-22(29)24(31)13-18)25-15-33-26(34(25)21-10-8-20(32)9-11-21)36-16-17-5-6-19(14-23(17)30)28(3,4)35/h5-15,35H,16H2,1-4H3. The number of nitrogens with zero attached hydrogens (tertiary/aromatic N) is 2. The molecule has 0 saturated heterocycles. The Balaban J connectivity index is 1.74. The molecule has 0 aliphatic heterocycles. The van der Waals surface area contributed by atoms with Crippen LogP contribution in [0.1, 0.15) is 50.1 Å². The molecule has 4 aromatic rings. The summed E-state index contributed by atoms with van der Waals surface area (Å²) < 4.78 is 15.8. The van der Waals surface area contributed by atoms with E-state index in [-0.39, 0.29) is 5.82 Å². The van der Waals surface area contributed by atoms with Crippen molar-refractivity contribution < 1.29 is 9.50 Å². The number of benzene rings is 3. The summed E-state index contributed by atoms with van der Waals surface area (Å²) in [5, 5.41) is 12.6. The summed E-state index contributed by atoms with van der Waals surface area (Å²) in [6.45, 7) is 7.63. The molecule has 8 heteroatoms. The molecular formula is C28H26Cl3FN2OS. The molecule has 0 saturated carbocycles. The number of thioether (sulfide) groups is 1. The van der Waals surface area contributed by atoms with Gasteiger partial charge in [0, 0.05) is 21.9 Å². The molecule has 0 atom stereocenters. The van der Waals surface area contributed by atoms with Gasteiger partial charge in [-0.1, -0.05) is 78.6 Å². The normalized spacial score (nSPS) is 12.2. The Hall–Kier alpha value is -2.02. The van der Waals surface area contributed by atoms with E-state index in [4.69, 9.17) is 39.8 Å². The summed E-state index contributed by atoms with van der Waals surface area (Å²) in [4.78, 5) is 4.74. The van der Waals surface area contributed by atoms with Gasteiger partial charge in [0.25, 0.3) is 0 Å². The zero-order valence-corrected chi connectivity index (χ0v) is 23.4. The predicted molar refractivity (Wildman–Crippen MR) is 148 cm³/mol. The molecule has 3 aromatic carbocycles. The molecule has 1 N–H and O–H groups in total. The molecule has 0 bridgehead atoms. The monoisotopic (exact) mass is 562 g/mol. The van der Waals surface area contributed by atoms with E-state index in [1.54, 1.807) is 38.1 Å². The summed E-state index contributed by atoms with van der Waals surface area (Å²) in [6, 6.07) is 17.5. The first-order valence-electron chi connectivity index (χ1n) is 11.3. The van der Waals surface area contributed by atoms with Gasteiger partial charge in [-0.3, -0.25) is 4.57 Å². The van der Waals surface area contributed by atoms with Crippen LogP contribution in [0.4, 0.5) is 4.39 Å². The number of imidazole rings is 1. The van der Waals surface area contributed by atoms with Crippen LogP contribution in [0.25, 0.3) is 5.69 Å². The van der Waals surface area contributed by atoms with E-state index in [0.717, 1.165) is 33.2 Å². The first-order valence-corrected chi connectivity index (χ1v) is 13.4. The lowest BCUT2D eigenvalue weighted by atomic mass is 9.81. The van der Waals surface area contributed by atoms with Crippen molar-refractivity contribution >= 4 is 46.6 Å². The second kappa shape index (κ2) is 10.4. The van der Waals surface area contributed by atoms with Crippen LogP contribution in [0.5, 0.6) is 0 Å². The summed E-state index contributed by atoms with van der Waals surface area (Å²) in [6.07, 6.45) is 1.84. The van der Waals surface area contributed by atoms with E-state index in [0.29, 0.717) is 20.8 Å². The Morgan fingerprint density at radius 1 is 0.861 bits per heavy atom. The Morgan fingerprint density at radius 3 is 2.11 bits per heavy atom. The van der Waals surface area contributed by atoms with Crippen molar-refractivity contribution in [3.05, 3.63) is 110 Å². The van der Waals surface area contributed by atoms with E-state index >= 15 is 0 Å². The fourth-order valence-electron chi connectivity index (χ4n) is 3.94. The van der Waals surface area contributed by atoms with Crippen molar-refractivity contribution in [3.63, 3.8) is 0 Å². The van der Waals surface area contributed by atoms with E-state index in [2.05, 4.69) is 13.8 Å². The third-order valence-corrected chi connectivity index (χ3v) is 8.30. The lowest BCUT2D eigenvalue weighted by Gasteiger charge is -2.28. The van der Waals surface area contributed by atoms with Crippen molar-refractivity contribution in [1.29, 1.82) is 0 Å². The van der Waals surface area contributed by atoms with E-state index in [9.17, 15) is 9.50 Å². The minimum atomic E-state index is -0.973. The first-order chi connectivity index (χ1) is 16.9. The lowest BCUT2D eigenvalue weighted by molar-refractivity contribution is 0.0786. The average Bonchev–Trinajstić information content (AvgIpc) is 3.24. The summed E-state index contributed by atoms with van der Waals surface area (Å²) >= 11 is 20.6. The second-order valence-corrected chi connectivity index (χ2v) is 11.8. The largest absolute Gasteiger partial charge is 0.386 e. The summed E-state index contributed by atoms with van der Waals surface area (Å²) in [7, 11) is 0. The third-order valence-electron chi connectivity index (χ3n) is 6.21. The minimum Gasteiger partial charge on any atom is -0.386 e. The molecule has 0 unspecified atom stereocenters. The van der Waals surface area contributed by atoms with Gasteiger partial charge in [-0.25, -0.2) is 9.37 Å². The van der Waals surface area contributed by atoms with Gasteiger partial charge in [-0.15, -0.1) is 0 Å². The minimum absolute atomic E-state index is 0.308. The highest BCUT2D eigenvalue weighted by Gasteiger charge is 2.30. The molecule has 0 aliphatic rings. The lowest BCUT2D eigenvalue weighted by Crippen LogP contribution is -2.23. The zero-order valence-electron chi connectivity index (χ0n) is 20.3. The van der Waals surface area contributed by atoms with Gasteiger partial charge < -0.3 is 5.11 Å². The van der Waals surface area contributed by atoms with Gasteiger partial charge >= 0.3 is 0 Å². The van der Waals surface area contributed by atoms with E-state index < -0.39 is 11.0 Å². The summed E-state index contributed by atoms with van der Waals surface area (Å²) in [5.41, 5.74) is 2.90. The SMILES string of the molecule is CC(C)(O)c1ccc(CSc2ncc(C(C)(C)c3ccc(Cl)c(Cl)c3)n2-c2ccc(F)cc2)c(Cl)c1. The average molecular weight is 564 g/mol. The topological polar surface area (TPSA) is 38.1 Å². The highest BCUT2D eigenvalue weighted by Crippen LogP contribution is 2.39. The van der Waals surface area contributed by atoms with Crippen LogP contribution < -0.4 is 0 Å². The van der Waals surface area contributed by atoms with Gasteiger partial charge in [0.2, 0.25) is 0 Å². The van der Waals surface area contributed by atoms with Crippen LogP contribution in [0.15, 0.2) is 72.0 Å². The Bertz CT molecular complexity index is 1400. The van der Waals surface area contributed by atoms with Gasteiger partial charge in [0.05, 0.1) is 27.5 Å². The predicted octanol–water partition coefficient (Wildman–Crippen LogP) is 8.82. The quantitative estimate of drug-likeness (QED) is 0.228. The number of rotatable bonds is 7. The van der Waals surface area contributed by atoms with Gasteiger partial charge in [0.15, 0.2) is 5.16 Å². The van der Waals surface area contributed by atoms with Crippen molar-refractivity contribution in [2.24, 2.45) is 0 Å². The third kappa shape index (κ3) is 5.61. The molecule has 36 heavy (non-hydrogen) atoms. The van der Waals surface area contributed by atoms with Crippen molar-refractivity contribution in [2.75, 3.05) is 0 Å². The molecule has 1 heterocycles. The number of hydrogen-bond acceptors (Lipinski definition) is 3. The molecule has 0 aliphatic carbocycles. The molecule has 0 fully saturated rings. The van der Waals surface area contributed by atoms with Crippen LogP contribution in [-0.4, -0.2) is 14.7 Å². The maximum Gasteiger partial charge on any atom is 0.173 e. The van der Waals surface area contributed by atoms with Crippen molar-refractivity contribution in [2.45, 2.75) is 49.6 Å². The molecule has 3 nitrogen and oxygen atoms in total. The number of hydrogen-bond donors (Lipinski definition) is 1. The first kappa shape index (κ1) is 27.0. The maximum atomic E-state index is 13.8. The van der Waals surface area contributed by atoms with Crippen LogP contribution in [0.3, 0.4) is 0 Å². The van der Waals surface area contributed by atoms with E-state index in [1.807, 2.05) is 35.0 Å². The van der Waals surface area contributed by atoms with Crippen LogP contribution in [-0.2, 0) is 16.8 Å². The van der Waals surface area contributed by atoms with Gasteiger partial charge in [-0.05, 0) is 73.0 Å². The fraction of sp³-hybridized carbons (Fsp3) is 0.250. The highest BCUT2D eigenvalue weighted by atomic mass is 35.5. The van der Waals surface area contributed by atoms with E-state index in [1.165, 1.54) is 23.9 Å². The molecule has 1 aromatic heterocycles. The Kier molecular flexibility index (Phi) is 7.80. The Morgan fingerprint density at radius 2 is 1.50 bits per heavy atom.